The van der Waals surface area contributed by atoms with Crippen molar-refractivity contribution in [2.75, 3.05) is 17.7 Å². The Morgan fingerprint density at radius 1 is 0.600 bits per heavy atom. The molecule has 0 amide bonds. The molecule has 0 spiro atoms. The SMILES string of the molecule is CC.CO.c1ccc(CNc2ccc(Nc3ccccc3)cc2)cc1. The second-order valence-electron chi connectivity index (χ2n) is 4.91. The minimum absolute atomic E-state index is 0.840. The summed E-state index contributed by atoms with van der Waals surface area (Å²) in [5.74, 6) is 0. The van der Waals surface area contributed by atoms with Crippen LogP contribution in [0.3, 0.4) is 0 Å². The zero-order chi connectivity index (χ0) is 18.3. The number of nitrogens with one attached hydrogen (secondary N) is 2. The van der Waals surface area contributed by atoms with Gasteiger partial charge in [-0.25, -0.2) is 0 Å². The first-order chi connectivity index (χ1) is 12.4. The third kappa shape index (κ3) is 7.55. The minimum Gasteiger partial charge on any atom is -0.400 e. The van der Waals surface area contributed by atoms with Crippen molar-refractivity contribution in [2.45, 2.75) is 20.4 Å². The molecular weight excluding hydrogens is 308 g/mol. The van der Waals surface area contributed by atoms with Crippen LogP contribution in [-0.2, 0) is 6.54 Å². The number of aliphatic hydroxyl groups excluding tert-OH is 1. The van der Waals surface area contributed by atoms with Crippen molar-refractivity contribution >= 4 is 17.1 Å². The van der Waals surface area contributed by atoms with Gasteiger partial charge in [-0.2, -0.15) is 0 Å². The second kappa shape index (κ2) is 12.6. The summed E-state index contributed by atoms with van der Waals surface area (Å²) in [4.78, 5) is 0. The quantitative estimate of drug-likeness (QED) is 0.562. The van der Waals surface area contributed by atoms with E-state index >= 15 is 0 Å². The standard InChI is InChI=1S/C19H18N2.C2H6.CH4O/c1-3-7-16(8-4-1)15-20-17-11-13-19(14-12-17)21-18-9-5-2-6-10-18;2*1-2/h1-14,20-21H,15H2;1-2H3;2H,1H3. The summed E-state index contributed by atoms with van der Waals surface area (Å²) in [6.07, 6.45) is 0. The van der Waals surface area contributed by atoms with Gasteiger partial charge in [-0.15, -0.1) is 0 Å². The monoisotopic (exact) mass is 336 g/mol. The van der Waals surface area contributed by atoms with Crippen molar-refractivity contribution in [1.29, 1.82) is 0 Å². The topological polar surface area (TPSA) is 44.3 Å². The summed E-state index contributed by atoms with van der Waals surface area (Å²) in [7, 11) is 1.00. The molecule has 0 fully saturated rings. The fourth-order valence-corrected chi connectivity index (χ4v) is 2.16. The highest BCUT2D eigenvalue weighted by Gasteiger charge is 1.96. The van der Waals surface area contributed by atoms with Crippen LogP contribution in [0, 0.1) is 0 Å². The number of para-hydroxylation sites is 1. The van der Waals surface area contributed by atoms with E-state index in [4.69, 9.17) is 5.11 Å². The van der Waals surface area contributed by atoms with Crippen molar-refractivity contribution in [3.8, 4) is 0 Å². The fraction of sp³-hybridized carbons (Fsp3) is 0.182. The molecule has 0 radical (unpaired) electrons. The zero-order valence-corrected chi connectivity index (χ0v) is 15.2. The highest BCUT2D eigenvalue weighted by molar-refractivity contribution is 5.62. The average molecular weight is 336 g/mol. The summed E-state index contributed by atoms with van der Waals surface area (Å²) in [6, 6.07) is 28.9. The summed E-state index contributed by atoms with van der Waals surface area (Å²) < 4.78 is 0. The highest BCUT2D eigenvalue weighted by Crippen LogP contribution is 2.19. The van der Waals surface area contributed by atoms with E-state index in [0.717, 1.165) is 30.7 Å². The lowest BCUT2D eigenvalue weighted by Crippen LogP contribution is -1.99. The maximum absolute atomic E-state index is 7.00. The van der Waals surface area contributed by atoms with Gasteiger partial charge in [-0.3, -0.25) is 0 Å². The Morgan fingerprint density at radius 3 is 1.60 bits per heavy atom. The molecule has 3 nitrogen and oxygen atoms in total. The number of anilines is 3. The Balaban J connectivity index is 0.000000730. The van der Waals surface area contributed by atoms with Crippen LogP contribution < -0.4 is 10.6 Å². The van der Waals surface area contributed by atoms with Gasteiger partial charge in [0.2, 0.25) is 0 Å². The molecule has 0 unspecified atom stereocenters. The van der Waals surface area contributed by atoms with Crippen LogP contribution in [0.2, 0.25) is 0 Å². The maximum Gasteiger partial charge on any atom is 0.0400 e. The molecule has 0 saturated carbocycles. The normalized spacial score (nSPS) is 8.96. The predicted molar refractivity (Wildman–Crippen MR) is 109 cm³/mol. The Kier molecular flexibility index (Phi) is 10.2. The van der Waals surface area contributed by atoms with E-state index < -0.39 is 0 Å². The zero-order valence-electron chi connectivity index (χ0n) is 15.2. The lowest BCUT2D eigenvalue weighted by Gasteiger charge is -2.09. The number of aliphatic hydroxyl groups is 1. The van der Waals surface area contributed by atoms with Crippen LogP contribution in [0.4, 0.5) is 17.1 Å². The smallest absolute Gasteiger partial charge is 0.0400 e. The number of hydrogen-bond donors (Lipinski definition) is 3. The Hall–Kier alpha value is -2.78. The van der Waals surface area contributed by atoms with Gasteiger partial charge in [0, 0.05) is 30.7 Å². The summed E-state index contributed by atoms with van der Waals surface area (Å²) in [5.41, 5.74) is 4.59. The van der Waals surface area contributed by atoms with Crippen LogP contribution in [-0.4, -0.2) is 12.2 Å². The molecule has 0 aliphatic heterocycles. The molecule has 3 rings (SSSR count). The van der Waals surface area contributed by atoms with Crippen molar-refractivity contribution in [3.05, 3.63) is 90.5 Å². The Morgan fingerprint density at radius 2 is 1.04 bits per heavy atom. The first kappa shape index (κ1) is 20.3. The van der Waals surface area contributed by atoms with Crippen molar-refractivity contribution in [2.24, 2.45) is 0 Å². The largest absolute Gasteiger partial charge is 0.400 e. The molecule has 0 atom stereocenters. The summed E-state index contributed by atoms with van der Waals surface area (Å²) in [5, 5.41) is 13.8. The predicted octanol–water partition coefficient (Wildman–Crippen LogP) is 5.68. The van der Waals surface area contributed by atoms with E-state index in [1.54, 1.807) is 0 Å². The first-order valence-electron chi connectivity index (χ1n) is 8.55. The molecule has 0 bridgehead atoms. The molecule has 3 N–H and O–H groups in total. The first-order valence-corrected chi connectivity index (χ1v) is 8.55. The van der Waals surface area contributed by atoms with E-state index in [1.807, 2.05) is 38.1 Å². The van der Waals surface area contributed by atoms with Crippen molar-refractivity contribution in [3.63, 3.8) is 0 Å². The molecule has 132 valence electrons. The van der Waals surface area contributed by atoms with E-state index in [9.17, 15) is 0 Å². The van der Waals surface area contributed by atoms with Gasteiger partial charge >= 0.3 is 0 Å². The summed E-state index contributed by atoms with van der Waals surface area (Å²) >= 11 is 0. The van der Waals surface area contributed by atoms with Gasteiger partial charge in [0.1, 0.15) is 0 Å². The molecule has 25 heavy (non-hydrogen) atoms. The van der Waals surface area contributed by atoms with Crippen LogP contribution >= 0.6 is 0 Å². The van der Waals surface area contributed by atoms with Crippen LogP contribution in [0.1, 0.15) is 19.4 Å². The number of benzene rings is 3. The van der Waals surface area contributed by atoms with E-state index in [1.165, 1.54) is 5.56 Å². The molecule has 0 saturated heterocycles. The van der Waals surface area contributed by atoms with Gasteiger partial charge in [0.15, 0.2) is 0 Å². The third-order valence-electron chi connectivity index (χ3n) is 3.29. The lowest BCUT2D eigenvalue weighted by atomic mass is 10.2. The van der Waals surface area contributed by atoms with Gasteiger partial charge < -0.3 is 15.7 Å². The van der Waals surface area contributed by atoms with E-state index in [2.05, 4.69) is 71.3 Å². The molecule has 3 aromatic carbocycles. The van der Waals surface area contributed by atoms with E-state index in [0.29, 0.717) is 0 Å². The van der Waals surface area contributed by atoms with Crippen LogP contribution in [0.5, 0.6) is 0 Å². The lowest BCUT2D eigenvalue weighted by molar-refractivity contribution is 0.399. The molecule has 0 aliphatic rings. The summed E-state index contributed by atoms with van der Waals surface area (Å²) in [6.45, 7) is 4.84. The van der Waals surface area contributed by atoms with Gasteiger partial charge in [0.05, 0.1) is 0 Å². The minimum atomic E-state index is 0.840. The number of rotatable bonds is 5. The average Bonchev–Trinajstić information content (AvgIpc) is 2.72. The van der Waals surface area contributed by atoms with Gasteiger partial charge in [0.25, 0.3) is 0 Å². The van der Waals surface area contributed by atoms with Crippen LogP contribution in [0.25, 0.3) is 0 Å². The molecule has 3 heteroatoms. The highest BCUT2D eigenvalue weighted by atomic mass is 16.2. The molecule has 3 aromatic rings. The van der Waals surface area contributed by atoms with Crippen LogP contribution in [0.15, 0.2) is 84.9 Å². The molecule has 0 aromatic heterocycles. The Labute approximate surface area is 151 Å². The van der Waals surface area contributed by atoms with E-state index in [-0.39, 0.29) is 0 Å². The maximum atomic E-state index is 7.00. The molecular formula is C22H28N2O. The second-order valence-corrected chi connectivity index (χ2v) is 4.91. The fourth-order valence-electron chi connectivity index (χ4n) is 2.16. The number of hydrogen-bond acceptors (Lipinski definition) is 3. The van der Waals surface area contributed by atoms with Gasteiger partial charge in [-0.1, -0.05) is 62.4 Å². The van der Waals surface area contributed by atoms with Crippen molar-refractivity contribution < 1.29 is 5.11 Å². The molecule has 0 aliphatic carbocycles. The van der Waals surface area contributed by atoms with Gasteiger partial charge in [-0.05, 0) is 42.0 Å². The third-order valence-corrected chi connectivity index (χ3v) is 3.29. The Bertz CT molecular complexity index is 667. The van der Waals surface area contributed by atoms with Crippen molar-refractivity contribution in [1.82, 2.24) is 0 Å². The molecule has 0 heterocycles.